The van der Waals surface area contributed by atoms with Gasteiger partial charge in [0.1, 0.15) is 11.2 Å². The van der Waals surface area contributed by atoms with Gasteiger partial charge < -0.3 is 18.9 Å². The molecule has 1 amide bonds. The van der Waals surface area contributed by atoms with Gasteiger partial charge in [-0.3, -0.25) is 9.88 Å². The average molecular weight is 555 g/mol. The van der Waals surface area contributed by atoms with Gasteiger partial charge in [-0.2, -0.15) is 0 Å². The van der Waals surface area contributed by atoms with E-state index in [9.17, 15) is 14.4 Å². The molecule has 0 spiro atoms. The monoisotopic (exact) mass is 554 g/mol. The zero-order valence-electron chi connectivity index (χ0n) is 25.1. The van der Waals surface area contributed by atoms with Gasteiger partial charge in [0.05, 0.1) is 30.4 Å². The number of para-hydroxylation sites is 1. The Balaban J connectivity index is 2.19. The molecule has 0 fully saturated rings. The van der Waals surface area contributed by atoms with Gasteiger partial charge in [-0.05, 0) is 84.6 Å². The Morgan fingerprint density at radius 1 is 1.02 bits per heavy atom. The molecule has 0 N–H and O–H groups in total. The summed E-state index contributed by atoms with van der Waals surface area (Å²) in [6.45, 7) is 14.6. The lowest BCUT2D eigenvalue weighted by Crippen LogP contribution is -2.45. The fourth-order valence-corrected chi connectivity index (χ4v) is 4.88. The Morgan fingerprint density at radius 3 is 2.25 bits per heavy atom. The second-order valence-corrected chi connectivity index (χ2v) is 11.9. The maximum Gasteiger partial charge on any atom is 0.411 e. The summed E-state index contributed by atoms with van der Waals surface area (Å²) in [5.74, 6) is -1.25. The van der Waals surface area contributed by atoms with Crippen LogP contribution in [-0.4, -0.2) is 58.4 Å². The molecule has 0 saturated heterocycles. The lowest BCUT2D eigenvalue weighted by molar-refractivity contribution is -0.164. The van der Waals surface area contributed by atoms with Crippen molar-refractivity contribution in [2.24, 2.45) is 0 Å². The fraction of sp³-hybridized carbons (Fsp3) is 0.548. The van der Waals surface area contributed by atoms with Gasteiger partial charge in [0.15, 0.2) is 5.60 Å². The Bertz CT molecular complexity index is 1280. The highest BCUT2D eigenvalue weighted by Gasteiger charge is 2.47. The quantitative estimate of drug-likeness (QED) is 0.221. The highest BCUT2D eigenvalue weighted by atomic mass is 16.6. The maximum absolute atomic E-state index is 13.5. The molecule has 0 saturated carbocycles. The number of rotatable bonds is 8. The van der Waals surface area contributed by atoms with Crippen LogP contribution >= 0.6 is 0 Å². The molecule has 1 aliphatic rings. The third-order valence-electron chi connectivity index (χ3n) is 6.58. The van der Waals surface area contributed by atoms with Gasteiger partial charge in [0.25, 0.3) is 0 Å². The van der Waals surface area contributed by atoms with Crippen LogP contribution in [0.4, 0.5) is 4.79 Å². The number of hydrogen-bond donors (Lipinski definition) is 0. The van der Waals surface area contributed by atoms with Crippen molar-refractivity contribution in [2.45, 2.75) is 97.6 Å². The third kappa shape index (κ3) is 6.99. The molecule has 2 atom stereocenters. The van der Waals surface area contributed by atoms with Crippen molar-refractivity contribution in [3.05, 3.63) is 53.2 Å². The van der Waals surface area contributed by atoms with Gasteiger partial charge in [0, 0.05) is 18.6 Å². The molecular weight excluding hydrogens is 512 g/mol. The molecule has 1 aliphatic heterocycles. The highest BCUT2D eigenvalue weighted by Crippen LogP contribution is 2.42. The van der Waals surface area contributed by atoms with Crippen LogP contribution in [0.2, 0.25) is 0 Å². The Morgan fingerprint density at radius 2 is 1.68 bits per heavy atom. The molecule has 9 nitrogen and oxygen atoms in total. The van der Waals surface area contributed by atoms with Crippen LogP contribution in [0.5, 0.6) is 0 Å². The molecule has 0 aliphatic carbocycles. The van der Waals surface area contributed by atoms with Gasteiger partial charge >= 0.3 is 18.0 Å². The number of nitrogens with zero attached hydrogens (tertiary/aromatic N) is 2. The number of pyridine rings is 1. The van der Waals surface area contributed by atoms with Crippen molar-refractivity contribution in [1.82, 2.24) is 9.88 Å². The van der Waals surface area contributed by atoms with Gasteiger partial charge in [-0.25, -0.2) is 14.4 Å². The van der Waals surface area contributed by atoms with Gasteiger partial charge in [-0.1, -0.05) is 25.1 Å². The number of hydrogen-bond acceptors (Lipinski definition) is 8. The van der Waals surface area contributed by atoms with E-state index in [4.69, 9.17) is 23.9 Å². The Hall–Kier alpha value is -3.46. The van der Waals surface area contributed by atoms with Crippen molar-refractivity contribution < 1.29 is 33.3 Å². The van der Waals surface area contributed by atoms with Crippen LogP contribution in [0, 0.1) is 0 Å². The molecule has 9 heteroatoms. The first kappa shape index (κ1) is 31.1. The van der Waals surface area contributed by atoms with Crippen LogP contribution < -0.4 is 0 Å². The van der Waals surface area contributed by atoms with Gasteiger partial charge in [-0.15, -0.1) is 0 Å². The minimum absolute atomic E-state index is 0.0668. The topological polar surface area (TPSA) is 104 Å². The molecule has 0 bridgehead atoms. The van der Waals surface area contributed by atoms with E-state index in [1.54, 1.807) is 60.3 Å². The lowest BCUT2D eigenvalue weighted by atomic mass is 9.84. The number of carbonyl (C=O) groups is 3. The maximum atomic E-state index is 13.5. The van der Waals surface area contributed by atoms with E-state index in [1.807, 2.05) is 30.3 Å². The summed E-state index contributed by atoms with van der Waals surface area (Å²) in [5.41, 5.74) is -0.430. The first-order chi connectivity index (χ1) is 18.6. The van der Waals surface area contributed by atoms with E-state index < -0.39 is 40.9 Å². The van der Waals surface area contributed by atoms with Crippen molar-refractivity contribution in [2.75, 3.05) is 13.7 Å². The second-order valence-electron chi connectivity index (χ2n) is 11.9. The first-order valence-corrected chi connectivity index (χ1v) is 13.7. The van der Waals surface area contributed by atoms with Crippen LogP contribution in [0.15, 0.2) is 42.0 Å². The van der Waals surface area contributed by atoms with E-state index in [1.165, 1.54) is 13.2 Å². The average Bonchev–Trinajstić information content (AvgIpc) is 3.19. The molecule has 1 aromatic carbocycles. The fourth-order valence-electron chi connectivity index (χ4n) is 4.88. The third-order valence-corrected chi connectivity index (χ3v) is 6.58. The molecule has 2 aromatic rings. The van der Waals surface area contributed by atoms with E-state index in [0.717, 1.165) is 16.5 Å². The summed E-state index contributed by atoms with van der Waals surface area (Å²) in [5, 5.41) is 0.946. The smallest absolute Gasteiger partial charge is 0.411 e. The summed E-state index contributed by atoms with van der Waals surface area (Å²) in [4.78, 5) is 46.5. The highest BCUT2D eigenvalue weighted by molar-refractivity contribution is 5.89. The lowest BCUT2D eigenvalue weighted by Gasteiger charge is -2.35. The number of ether oxygens (including phenoxy) is 4. The summed E-state index contributed by atoms with van der Waals surface area (Å²) < 4.78 is 22.6. The van der Waals surface area contributed by atoms with Crippen LogP contribution in [0.25, 0.3) is 10.9 Å². The number of carbonyl (C=O) groups excluding carboxylic acids is 3. The van der Waals surface area contributed by atoms with Crippen LogP contribution in [0.1, 0.15) is 85.5 Å². The number of amides is 1. The number of fused-ring (bicyclic) bond motifs is 2. The van der Waals surface area contributed by atoms with Crippen molar-refractivity contribution in [3.63, 3.8) is 0 Å². The Labute approximate surface area is 236 Å². The Kier molecular flexibility index (Phi) is 9.29. The molecule has 0 radical (unpaired) electrons. The first-order valence-electron chi connectivity index (χ1n) is 13.7. The van der Waals surface area contributed by atoms with Crippen molar-refractivity contribution >= 4 is 28.9 Å². The summed E-state index contributed by atoms with van der Waals surface area (Å²) in [7, 11) is 1.41. The summed E-state index contributed by atoms with van der Waals surface area (Å²) >= 11 is 0. The van der Waals surface area contributed by atoms with Crippen LogP contribution in [0.3, 0.4) is 0 Å². The number of benzene rings is 1. The minimum atomic E-state index is -1.58. The van der Waals surface area contributed by atoms with Crippen molar-refractivity contribution in [1.29, 1.82) is 0 Å². The van der Waals surface area contributed by atoms with E-state index in [2.05, 4.69) is 0 Å². The van der Waals surface area contributed by atoms with Crippen LogP contribution in [-0.2, 0) is 35.1 Å². The molecule has 2 heterocycles. The second kappa shape index (κ2) is 12.0. The number of aromatic nitrogens is 1. The summed E-state index contributed by atoms with van der Waals surface area (Å²) in [6, 6.07) is 9.09. The van der Waals surface area contributed by atoms with Crippen molar-refractivity contribution in [3.8, 4) is 0 Å². The molecule has 1 aromatic heterocycles. The predicted molar refractivity (Wildman–Crippen MR) is 151 cm³/mol. The zero-order valence-corrected chi connectivity index (χ0v) is 25.1. The largest absolute Gasteiger partial charge is 0.464 e. The molecule has 218 valence electrons. The molecule has 40 heavy (non-hydrogen) atoms. The SMILES string of the molecule is CCOC(=O)C(CC)(OC)/C(=C/C(=O)OC(C)(C)C)CC1c2nc3ccccc3cc2CN1C(=O)OC(C)(C)C. The standard InChI is InChI=1S/C31H42N2O7/c1-10-31(37-9,27(35)38-11-2)22(18-25(34)39-29(3,4)5)17-24-26-21(16-20-14-12-13-15-23(20)32-26)19-33(24)28(36)40-30(6,7)8/h12-16,18,24H,10-11,17,19H2,1-9H3/b22-18+. The normalized spacial score (nSPS) is 17.3. The molecule has 2 unspecified atom stereocenters. The van der Waals surface area contributed by atoms with E-state index in [0.29, 0.717) is 11.3 Å². The number of methoxy groups -OCH3 is 1. The number of esters is 2. The molecule has 3 rings (SSSR count). The predicted octanol–water partition coefficient (Wildman–Crippen LogP) is 6.04. The van der Waals surface area contributed by atoms with Gasteiger partial charge in [0.2, 0.25) is 0 Å². The van der Waals surface area contributed by atoms with E-state index in [-0.39, 0.29) is 26.0 Å². The minimum Gasteiger partial charge on any atom is -0.464 e. The summed E-state index contributed by atoms with van der Waals surface area (Å²) in [6.07, 6.45) is 1.03. The zero-order chi connectivity index (χ0) is 29.9. The van der Waals surface area contributed by atoms with E-state index >= 15 is 0 Å². The molecular formula is C31H42N2O7.